The Morgan fingerprint density at radius 1 is 0.577 bits per heavy atom. The van der Waals surface area contributed by atoms with Gasteiger partial charge in [-0.3, -0.25) is 4.55 Å². The molecule has 0 aliphatic carbocycles. The van der Waals surface area contributed by atoms with Gasteiger partial charge in [0.1, 0.15) is 4.90 Å². The number of nitrogens with zero attached hydrogens (tertiary/aromatic N) is 2. The monoisotopic (exact) mass is 761 g/mol. The number of nitrogens with one attached hydrogen (secondary N) is 2. The zero-order chi connectivity index (χ0) is 37.4. The van der Waals surface area contributed by atoms with Gasteiger partial charge in [-0.15, -0.1) is 0 Å². The van der Waals surface area contributed by atoms with E-state index in [4.69, 9.17) is 4.42 Å². The zero-order valence-corrected chi connectivity index (χ0v) is 31.2. The molecule has 0 aliphatic rings. The second-order valence-electron chi connectivity index (χ2n) is 12.4. The summed E-state index contributed by atoms with van der Waals surface area (Å²) in [5.74, 6) is 0. The first-order valence-electron chi connectivity index (χ1n) is 16.0. The average molecular weight is 762 g/mol. The minimum atomic E-state index is -4.58. The van der Waals surface area contributed by atoms with E-state index in [0.717, 1.165) is 19.7 Å². The first kappa shape index (κ1) is 36.9. The van der Waals surface area contributed by atoms with Crippen LogP contribution in [0.2, 0.25) is 0 Å². The lowest BCUT2D eigenvalue weighted by Gasteiger charge is -2.13. The summed E-state index contributed by atoms with van der Waals surface area (Å²) in [6, 6.07) is 30.3. The number of hydrogen-bond acceptors (Lipinski definition) is 8. The average Bonchev–Trinajstić information content (AvgIpc) is 3.11. The van der Waals surface area contributed by atoms with Crippen LogP contribution in [0.5, 0.6) is 0 Å². The summed E-state index contributed by atoms with van der Waals surface area (Å²) in [6.45, 7) is 0.770. The summed E-state index contributed by atoms with van der Waals surface area (Å²) < 4.78 is 93.7. The van der Waals surface area contributed by atoms with Gasteiger partial charge in [0.25, 0.3) is 10.1 Å². The molecule has 52 heavy (non-hydrogen) atoms. The highest BCUT2D eigenvalue weighted by atomic mass is 32.2. The van der Waals surface area contributed by atoms with E-state index in [9.17, 15) is 29.8 Å². The Kier molecular flexibility index (Phi) is 10.1. The van der Waals surface area contributed by atoms with Crippen molar-refractivity contribution in [1.82, 2.24) is 8.61 Å². The third-order valence-electron chi connectivity index (χ3n) is 8.55. The summed E-state index contributed by atoms with van der Waals surface area (Å²) in [4.78, 5) is 0.141. The van der Waals surface area contributed by atoms with E-state index in [0.29, 0.717) is 57.5 Å². The summed E-state index contributed by atoms with van der Waals surface area (Å²) >= 11 is 0. The molecular formula is C37H37N4O8S3+. The first-order chi connectivity index (χ1) is 24.6. The summed E-state index contributed by atoms with van der Waals surface area (Å²) in [5.41, 5.74) is 4.84. The fourth-order valence-corrected chi connectivity index (χ4v) is 8.19. The predicted molar refractivity (Wildman–Crippen MR) is 203 cm³/mol. The number of rotatable bonds is 12. The highest BCUT2D eigenvalue weighted by molar-refractivity contribution is 7.89. The lowest BCUT2D eigenvalue weighted by Crippen LogP contribution is -2.22. The van der Waals surface area contributed by atoms with Crippen LogP contribution in [-0.4, -0.2) is 66.6 Å². The van der Waals surface area contributed by atoms with Crippen LogP contribution in [0.1, 0.15) is 11.1 Å². The van der Waals surface area contributed by atoms with Gasteiger partial charge < -0.3 is 10.6 Å². The Bertz CT molecular complexity index is 2490. The Hall–Kier alpha value is -4.90. The van der Waals surface area contributed by atoms with Crippen LogP contribution >= 0.6 is 0 Å². The molecule has 0 unspecified atom stereocenters. The number of anilines is 2. The van der Waals surface area contributed by atoms with Crippen molar-refractivity contribution in [1.29, 1.82) is 0 Å². The molecule has 0 atom stereocenters. The largest absolute Gasteiger partial charge is 0.381 e. The zero-order valence-electron chi connectivity index (χ0n) is 28.7. The molecule has 3 N–H and O–H groups in total. The first-order valence-corrected chi connectivity index (χ1v) is 20.3. The van der Waals surface area contributed by atoms with Crippen LogP contribution < -0.4 is 10.6 Å². The van der Waals surface area contributed by atoms with Crippen LogP contribution in [-0.2, 0) is 43.3 Å². The molecular weight excluding hydrogens is 725 g/mol. The minimum Gasteiger partial charge on any atom is -0.381 e. The van der Waals surface area contributed by atoms with E-state index in [2.05, 4.69) is 10.6 Å². The van der Waals surface area contributed by atoms with Crippen molar-refractivity contribution >= 4 is 63.5 Å². The van der Waals surface area contributed by atoms with Crippen LogP contribution in [0.15, 0.2) is 128 Å². The molecule has 270 valence electrons. The number of fused-ring (bicyclic) bond motifs is 2. The highest BCUT2D eigenvalue weighted by Crippen LogP contribution is 2.41. The number of sulfonamides is 2. The molecule has 15 heteroatoms. The highest BCUT2D eigenvalue weighted by Gasteiger charge is 2.26. The SMILES string of the molecule is CN(C)S(=O)(=O)c1ccc(CNc2ccc3c(-c4ccccc4S(=O)(=O)O)c4ccc(NCc5ccc(S(=O)(=O)N(C)C)cc5)cc4[o+]c3c2)cc1. The lowest BCUT2D eigenvalue weighted by molar-refractivity contribution is 0.483. The van der Waals surface area contributed by atoms with Crippen molar-refractivity contribution in [2.45, 2.75) is 27.8 Å². The van der Waals surface area contributed by atoms with Crippen LogP contribution in [0.3, 0.4) is 0 Å². The Labute approximate surface area is 303 Å². The lowest BCUT2D eigenvalue weighted by atomic mass is 9.96. The maximum atomic E-state index is 12.5. The van der Waals surface area contributed by atoms with E-state index >= 15 is 0 Å². The van der Waals surface area contributed by atoms with Crippen molar-refractivity contribution in [3.05, 3.63) is 120 Å². The molecule has 0 amide bonds. The van der Waals surface area contributed by atoms with Gasteiger partial charge >= 0.3 is 11.2 Å². The predicted octanol–water partition coefficient (Wildman–Crippen LogP) is 6.51. The topological polar surface area (TPSA) is 164 Å². The van der Waals surface area contributed by atoms with E-state index < -0.39 is 30.2 Å². The molecule has 1 aromatic heterocycles. The summed E-state index contributed by atoms with van der Waals surface area (Å²) in [5, 5.41) is 7.90. The van der Waals surface area contributed by atoms with Crippen molar-refractivity contribution in [2.75, 3.05) is 38.8 Å². The molecule has 6 rings (SSSR count). The Morgan fingerprint density at radius 2 is 1.00 bits per heavy atom. The Morgan fingerprint density at radius 3 is 1.40 bits per heavy atom. The second kappa shape index (κ2) is 14.3. The maximum Gasteiger partial charge on any atom is 0.363 e. The molecule has 0 saturated heterocycles. The normalized spacial score (nSPS) is 12.5. The van der Waals surface area contributed by atoms with Crippen molar-refractivity contribution in [3.8, 4) is 11.1 Å². The van der Waals surface area contributed by atoms with Gasteiger partial charge in [-0.1, -0.05) is 42.5 Å². The van der Waals surface area contributed by atoms with Gasteiger partial charge in [-0.2, -0.15) is 8.42 Å². The van der Waals surface area contributed by atoms with Gasteiger partial charge in [0.15, 0.2) is 0 Å². The molecule has 0 fully saturated rings. The van der Waals surface area contributed by atoms with Crippen LogP contribution in [0, 0.1) is 0 Å². The van der Waals surface area contributed by atoms with Crippen molar-refractivity contribution in [2.24, 2.45) is 0 Å². The number of hydrogen-bond donors (Lipinski definition) is 3. The van der Waals surface area contributed by atoms with E-state index in [1.807, 2.05) is 24.3 Å². The maximum absolute atomic E-state index is 12.5. The fourth-order valence-electron chi connectivity index (χ4n) is 5.69. The number of benzene rings is 5. The summed E-state index contributed by atoms with van der Waals surface area (Å²) in [7, 11) is -5.77. The molecule has 0 spiro atoms. The van der Waals surface area contributed by atoms with Crippen LogP contribution in [0.25, 0.3) is 33.1 Å². The van der Waals surface area contributed by atoms with Gasteiger partial charge in [0.2, 0.25) is 20.0 Å². The summed E-state index contributed by atoms with van der Waals surface area (Å²) in [6.07, 6.45) is 0. The molecule has 0 aliphatic heterocycles. The van der Waals surface area contributed by atoms with Crippen molar-refractivity contribution < 1.29 is 34.2 Å². The smallest absolute Gasteiger partial charge is 0.363 e. The van der Waals surface area contributed by atoms with Gasteiger partial charge in [-0.05, 0) is 65.7 Å². The van der Waals surface area contributed by atoms with Crippen LogP contribution in [0.4, 0.5) is 11.4 Å². The fraction of sp³-hybridized carbons (Fsp3) is 0.162. The Balaban J connectivity index is 1.36. The quantitative estimate of drug-likeness (QED) is 0.0712. The molecule has 0 saturated carbocycles. The van der Waals surface area contributed by atoms with Gasteiger partial charge in [-0.25, -0.2) is 29.9 Å². The molecule has 6 aromatic rings. The van der Waals surface area contributed by atoms with Gasteiger partial charge in [0, 0.05) is 63.8 Å². The van der Waals surface area contributed by atoms with Crippen molar-refractivity contribution in [3.63, 3.8) is 0 Å². The molecule has 0 radical (unpaired) electrons. The minimum absolute atomic E-state index is 0.192. The van der Waals surface area contributed by atoms with Gasteiger partial charge in [0.05, 0.1) is 32.7 Å². The molecule has 1 heterocycles. The molecule has 5 aromatic carbocycles. The third kappa shape index (κ3) is 7.51. The van der Waals surface area contributed by atoms with E-state index in [1.54, 1.807) is 78.9 Å². The molecule has 0 bridgehead atoms. The molecule has 12 nitrogen and oxygen atoms in total. The standard InChI is InChI=1S/C37H36N4O8S3/c1-40(2)50(42,43)29-15-9-25(10-16-29)23-38-27-13-19-31-34(21-27)49-35-22-28(39-24-26-11-17-30(18-12-26)51(44,45)41(3)4)14-20-32(35)37(31)33-7-5-6-8-36(33)52(46,47)48/h5-22,38-39H,23-24H2,1-4H3/p+1. The van der Waals surface area contributed by atoms with E-state index in [-0.39, 0.29) is 14.7 Å². The second-order valence-corrected chi connectivity index (χ2v) is 18.1. The third-order valence-corrected chi connectivity index (χ3v) is 13.1. The van der Waals surface area contributed by atoms with E-state index in [1.165, 1.54) is 34.3 Å².